The number of carbonyl (C=O) groups excluding carboxylic acids is 1. The van der Waals surface area contributed by atoms with Crippen LogP contribution in [0.2, 0.25) is 0 Å². The molecular weight excluding hydrogens is 260 g/mol. The highest BCUT2D eigenvalue weighted by molar-refractivity contribution is 5.93. The number of aliphatic carboxylic acids is 1. The largest absolute Gasteiger partial charge is 0.480 e. The third kappa shape index (κ3) is 3.96. The van der Waals surface area contributed by atoms with Crippen molar-refractivity contribution in [3.63, 3.8) is 0 Å². The molecule has 1 atom stereocenters. The van der Waals surface area contributed by atoms with E-state index in [0.29, 0.717) is 5.69 Å². The molecule has 0 heterocycles. The van der Waals surface area contributed by atoms with Gasteiger partial charge in [-0.25, -0.2) is 9.59 Å². The second-order valence-electron chi connectivity index (χ2n) is 4.33. The smallest absolute Gasteiger partial charge is 0.328 e. The molecule has 1 aromatic carbocycles. The minimum absolute atomic E-state index is 0.637. The first-order valence-corrected chi connectivity index (χ1v) is 6.55. The van der Waals surface area contributed by atoms with E-state index in [1.807, 2.05) is 32.0 Å². The average molecular weight is 280 g/mol. The van der Waals surface area contributed by atoms with Crippen LogP contribution in [0.4, 0.5) is 10.5 Å². The summed E-state index contributed by atoms with van der Waals surface area (Å²) in [5, 5.41) is 22.6. The Morgan fingerprint density at radius 3 is 2.15 bits per heavy atom. The number of carboxylic acids is 1. The second kappa shape index (κ2) is 7.49. The SMILES string of the molecule is CCc1cccc(CC)c1NC(=O)NC(CO)C(=O)O. The minimum Gasteiger partial charge on any atom is -0.480 e. The van der Waals surface area contributed by atoms with E-state index in [2.05, 4.69) is 10.6 Å². The Hall–Kier alpha value is -2.08. The number of amides is 2. The first-order valence-electron chi connectivity index (χ1n) is 6.55. The van der Waals surface area contributed by atoms with Crippen molar-refractivity contribution in [2.75, 3.05) is 11.9 Å². The van der Waals surface area contributed by atoms with Crippen LogP contribution in [-0.2, 0) is 17.6 Å². The number of aryl methyl sites for hydroxylation is 2. The maximum atomic E-state index is 11.8. The number of rotatable bonds is 6. The fourth-order valence-corrected chi connectivity index (χ4v) is 1.90. The Morgan fingerprint density at radius 1 is 1.20 bits per heavy atom. The Labute approximate surface area is 117 Å². The fraction of sp³-hybridized carbons (Fsp3) is 0.429. The zero-order valence-corrected chi connectivity index (χ0v) is 11.6. The van der Waals surface area contributed by atoms with Crippen LogP contribution < -0.4 is 10.6 Å². The van der Waals surface area contributed by atoms with Crippen molar-refractivity contribution in [3.05, 3.63) is 29.3 Å². The van der Waals surface area contributed by atoms with Gasteiger partial charge in [0.2, 0.25) is 0 Å². The Bertz CT molecular complexity index is 466. The highest BCUT2D eigenvalue weighted by Crippen LogP contribution is 2.22. The molecule has 0 radical (unpaired) electrons. The van der Waals surface area contributed by atoms with Crippen molar-refractivity contribution in [3.8, 4) is 0 Å². The average Bonchev–Trinajstić information content (AvgIpc) is 2.44. The lowest BCUT2D eigenvalue weighted by atomic mass is 10.0. The fourth-order valence-electron chi connectivity index (χ4n) is 1.90. The summed E-state index contributed by atoms with van der Waals surface area (Å²) in [4.78, 5) is 22.6. The van der Waals surface area contributed by atoms with E-state index < -0.39 is 24.6 Å². The van der Waals surface area contributed by atoms with Gasteiger partial charge in [-0.15, -0.1) is 0 Å². The van der Waals surface area contributed by atoms with Gasteiger partial charge in [0, 0.05) is 5.69 Å². The molecule has 0 spiro atoms. The molecule has 0 aliphatic carbocycles. The van der Waals surface area contributed by atoms with E-state index in [1.165, 1.54) is 0 Å². The van der Waals surface area contributed by atoms with E-state index in [1.54, 1.807) is 0 Å². The molecule has 4 N–H and O–H groups in total. The lowest BCUT2D eigenvalue weighted by Gasteiger charge is -2.17. The maximum absolute atomic E-state index is 11.8. The lowest BCUT2D eigenvalue weighted by molar-refractivity contribution is -0.140. The number of nitrogens with one attached hydrogen (secondary N) is 2. The van der Waals surface area contributed by atoms with Crippen molar-refractivity contribution in [1.82, 2.24) is 5.32 Å². The van der Waals surface area contributed by atoms with Crippen LogP contribution in [-0.4, -0.2) is 34.9 Å². The Balaban J connectivity index is 2.87. The molecule has 110 valence electrons. The second-order valence-corrected chi connectivity index (χ2v) is 4.33. The molecule has 20 heavy (non-hydrogen) atoms. The number of benzene rings is 1. The van der Waals surface area contributed by atoms with Crippen LogP contribution in [0, 0.1) is 0 Å². The van der Waals surface area contributed by atoms with Crippen LogP contribution in [0.5, 0.6) is 0 Å². The van der Waals surface area contributed by atoms with Gasteiger partial charge in [0.1, 0.15) is 0 Å². The van der Waals surface area contributed by atoms with Crippen LogP contribution >= 0.6 is 0 Å². The summed E-state index contributed by atoms with van der Waals surface area (Å²) in [6.07, 6.45) is 1.51. The van der Waals surface area contributed by atoms with E-state index in [0.717, 1.165) is 24.0 Å². The predicted molar refractivity (Wildman–Crippen MR) is 75.9 cm³/mol. The molecule has 6 heteroatoms. The van der Waals surface area contributed by atoms with E-state index in [-0.39, 0.29) is 0 Å². The van der Waals surface area contributed by atoms with Crippen LogP contribution in [0.1, 0.15) is 25.0 Å². The number of para-hydroxylation sites is 1. The highest BCUT2D eigenvalue weighted by atomic mass is 16.4. The normalized spacial score (nSPS) is 11.8. The van der Waals surface area contributed by atoms with Crippen LogP contribution in [0.3, 0.4) is 0 Å². The quantitative estimate of drug-likeness (QED) is 0.632. The van der Waals surface area contributed by atoms with Crippen molar-refractivity contribution < 1.29 is 19.8 Å². The number of aliphatic hydroxyl groups is 1. The van der Waals surface area contributed by atoms with Gasteiger partial charge in [0.05, 0.1) is 6.61 Å². The number of hydrogen-bond acceptors (Lipinski definition) is 3. The molecule has 1 unspecified atom stereocenters. The molecule has 0 bridgehead atoms. The molecule has 0 saturated heterocycles. The van der Waals surface area contributed by atoms with Crippen molar-refractivity contribution in [1.29, 1.82) is 0 Å². The Kier molecular flexibility index (Phi) is 5.99. The van der Waals surface area contributed by atoms with Gasteiger partial charge in [-0.3, -0.25) is 0 Å². The van der Waals surface area contributed by atoms with E-state index in [4.69, 9.17) is 10.2 Å². The van der Waals surface area contributed by atoms with Gasteiger partial charge in [-0.2, -0.15) is 0 Å². The summed E-state index contributed by atoms with van der Waals surface area (Å²) < 4.78 is 0. The highest BCUT2D eigenvalue weighted by Gasteiger charge is 2.19. The van der Waals surface area contributed by atoms with E-state index >= 15 is 0 Å². The summed E-state index contributed by atoms with van der Waals surface area (Å²) in [5.41, 5.74) is 2.67. The summed E-state index contributed by atoms with van der Waals surface area (Å²) in [6.45, 7) is 3.30. The number of carboxylic acid groups (broad SMARTS) is 1. The third-order valence-electron chi connectivity index (χ3n) is 3.02. The van der Waals surface area contributed by atoms with Gasteiger partial charge in [-0.05, 0) is 24.0 Å². The first-order chi connectivity index (χ1) is 9.53. The molecule has 1 rings (SSSR count). The van der Waals surface area contributed by atoms with Gasteiger partial charge in [0.25, 0.3) is 0 Å². The lowest BCUT2D eigenvalue weighted by Crippen LogP contribution is -2.45. The van der Waals surface area contributed by atoms with Crippen LogP contribution in [0.15, 0.2) is 18.2 Å². The zero-order valence-electron chi connectivity index (χ0n) is 11.6. The zero-order chi connectivity index (χ0) is 15.1. The number of urea groups is 1. The summed E-state index contributed by atoms with van der Waals surface area (Å²) in [6, 6.07) is 3.80. The van der Waals surface area contributed by atoms with Crippen molar-refractivity contribution in [2.45, 2.75) is 32.7 Å². The summed E-state index contributed by atoms with van der Waals surface area (Å²) >= 11 is 0. The van der Waals surface area contributed by atoms with Crippen molar-refractivity contribution in [2.24, 2.45) is 0 Å². The standard InChI is InChI=1S/C14H20N2O4/c1-3-9-6-5-7-10(4-2)12(9)16-14(20)15-11(8-17)13(18)19/h5-7,11,17H,3-4,8H2,1-2H3,(H,18,19)(H2,15,16,20). The molecule has 2 amide bonds. The van der Waals surface area contributed by atoms with E-state index in [9.17, 15) is 9.59 Å². The summed E-state index contributed by atoms with van der Waals surface area (Å²) in [7, 11) is 0. The molecular formula is C14H20N2O4. The summed E-state index contributed by atoms with van der Waals surface area (Å²) in [5.74, 6) is -1.28. The minimum atomic E-state index is -1.31. The number of carbonyl (C=O) groups is 2. The third-order valence-corrected chi connectivity index (χ3v) is 3.02. The molecule has 0 fully saturated rings. The molecule has 6 nitrogen and oxygen atoms in total. The number of anilines is 1. The van der Waals surface area contributed by atoms with Gasteiger partial charge in [0.15, 0.2) is 6.04 Å². The predicted octanol–water partition coefficient (Wildman–Crippen LogP) is 1.38. The monoisotopic (exact) mass is 280 g/mol. The van der Waals surface area contributed by atoms with Crippen LogP contribution in [0.25, 0.3) is 0 Å². The molecule has 1 aromatic rings. The van der Waals surface area contributed by atoms with Gasteiger partial charge >= 0.3 is 12.0 Å². The Morgan fingerprint density at radius 2 is 1.75 bits per heavy atom. The number of hydrogen-bond donors (Lipinski definition) is 4. The maximum Gasteiger partial charge on any atom is 0.328 e. The molecule has 0 saturated carbocycles. The first kappa shape index (κ1) is 16.0. The number of aliphatic hydroxyl groups excluding tert-OH is 1. The van der Waals surface area contributed by atoms with Gasteiger partial charge < -0.3 is 20.8 Å². The molecule has 0 aliphatic heterocycles. The van der Waals surface area contributed by atoms with Crippen molar-refractivity contribution >= 4 is 17.7 Å². The molecule has 0 aliphatic rings. The topological polar surface area (TPSA) is 98.7 Å². The van der Waals surface area contributed by atoms with Gasteiger partial charge in [-0.1, -0.05) is 32.0 Å². The molecule has 0 aromatic heterocycles.